The van der Waals surface area contributed by atoms with Crippen LogP contribution in [-0.4, -0.2) is 61.0 Å². The summed E-state index contributed by atoms with van der Waals surface area (Å²) in [5.74, 6) is -1.41. The molecule has 1 unspecified atom stereocenters. The lowest BCUT2D eigenvalue weighted by Gasteiger charge is -2.64. The maximum atomic E-state index is 14.1. The molecule has 0 aromatic heterocycles. The number of aryl methyl sites for hydroxylation is 1. The number of rotatable bonds is 8. The van der Waals surface area contributed by atoms with Gasteiger partial charge in [-0.1, -0.05) is 50.1 Å². The summed E-state index contributed by atoms with van der Waals surface area (Å²) in [6, 6.07) is 6.04. The number of carbonyl (C=O) groups is 3. The van der Waals surface area contributed by atoms with Gasteiger partial charge in [-0.15, -0.1) is 11.6 Å². The molecule has 1 N–H and O–H groups in total. The molecule has 234 valence electrons. The summed E-state index contributed by atoms with van der Waals surface area (Å²) in [4.78, 5) is 38.0. The second-order valence-electron chi connectivity index (χ2n) is 12.8. The first-order valence-electron chi connectivity index (χ1n) is 14.8. The maximum absolute atomic E-state index is 14.1. The highest BCUT2D eigenvalue weighted by atomic mass is 35.5. The van der Waals surface area contributed by atoms with Gasteiger partial charge in [-0.05, 0) is 81.6 Å². The van der Waals surface area contributed by atoms with E-state index in [1.165, 1.54) is 18.2 Å². The van der Waals surface area contributed by atoms with Gasteiger partial charge in [0.25, 0.3) is 10.1 Å². The van der Waals surface area contributed by atoms with Gasteiger partial charge in [0.2, 0.25) is 5.78 Å². The molecule has 1 aromatic carbocycles. The van der Waals surface area contributed by atoms with Gasteiger partial charge in [0.05, 0.1) is 22.5 Å². The number of hydrogen-bond acceptors (Lipinski definition) is 9. The first kappa shape index (κ1) is 31.9. The highest BCUT2D eigenvalue weighted by Crippen LogP contribution is 2.71. The summed E-state index contributed by atoms with van der Waals surface area (Å²) in [5.41, 5.74) is -2.00. The van der Waals surface area contributed by atoms with Gasteiger partial charge in [-0.25, -0.2) is 4.79 Å². The van der Waals surface area contributed by atoms with Crippen molar-refractivity contribution in [3.63, 3.8) is 0 Å². The monoisotopic (exact) mass is 634 g/mol. The third-order valence-electron chi connectivity index (χ3n) is 10.5. The highest BCUT2D eigenvalue weighted by Gasteiger charge is 2.74. The van der Waals surface area contributed by atoms with Crippen LogP contribution in [0.5, 0.6) is 0 Å². The van der Waals surface area contributed by atoms with Crippen LogP contribution in [0, 0.1) is 29.6 Å². The van der Waals surface area contributed by atoms with Crippen molar-refractivity contribution in [2.75, 3.05) is 13.2 Å². The van der Waals surface area contributed by atoms with Crippen LogP contribution in [0.4, 0.5) is 4.79 Å². The van der Waals surface area contributed by atoms with Crippen LogP contribution in [0.25, 0.3) is 0 Å². The van der Waals surface area contributed by atoms with E-state index >= 15 is 0 Å². The van der Waals surface area contributed by atoms with Crippen LogP contribution < -0.4 is 0 Å². The molecule has 5 rings (SSSR count). The molecule has 4 aliphatic rings. The molecular weight excluding hydrogens is 596 g/mol. The van der Waals surface area contributed by atoms with E-state index in [0.717, 1.165) is 11.1 Å². The number of ether oxygens (including phenoxy) is 2. The number of hydrogen-bond donors (Lipinski definition) is 1. The minimum absolute atomic E-state index is 0.000166. The summed E-state index contributed by atoms with van der Waals surface area (Å²) < 4.78 is 42.3. The lowest BCUT2D eigenvalue weighted by molar-refractivity contribution is -0.178. The average Bonchev–Trinajstić information content (AvgIpc) is 3.24. The molecule has 0 aliphatic heterocycles. The number of ketones is 2. The fourth-order valence-electron chi connectivity index (χ4n) is 8.26. The predicted molar refractivity (Wildman–Crippen MR) is 158 cm³/mol. The Morgan fingerprint density at radius 3 is 2.49 bits per heavy atom. The Morgan fingerprint density at radius 2 is 1.81 bits per heavy atom. The SMILES string of the molecule is CCCOC(=O)O[C@]1(C(=O)COS(=O)(=O)c2ccc(C)cc2)CC[C@H]2[C@@H]3CCC4=CC(=O)C=C[C@]4(C)[C@@]3(Cl)C(O)C[C@@]21C. The van der Waals surface area contributed by atoms with Crippen molar-refractivity contribution in [1.29, 1.82) is 0 Å². The van der Waals surface area contributed by atoms with Crippen LogP contribution >= 0.6 is 11.6 Å². The number of halogens is 1. The molecule has 0 radical (unpaired) electrons. The average molecular weight is 635 g/mol. The second kappa shape index (κ2) is 11.1. The van der Waals surface area contributed by atoms with E-state index < -0.39 is 56.1 Å². The number of benzene rings is 1. The van der Waals surface area contributed by atoms with Crippen molar-refractivity contribution < 1.29 is 41.6 Å². The maximum Gasteiger partial charge on any atom is 0.509 e. The fraction of sp³-hybridized carbons (Fsp3) is 0.594. The molecule has 4 aliphatic carbocycles. The minimum Gasteiger partial charge on any atom is -0.434 e. The van der Waals surface area contributed by atoms with Crippen LogP contribution in [-0.2, 0) is 33.4 Å². The van der Waals surface area contributed by atoms with E-state index in [-0.39, 0.29) is 42.0 Å². The van der Waals surface area contributed by atoms with Crippen molar-refractivity contribution in [3.8, 4) is 0 Å². The lowest BCUT2D eigenvalue weighted by atomic mass is 9.45. The molecule has 0 heterocycles. The van der Waals surface area contributed by atoms with Crippen LogP contribution in [0.1, 0.15) is 64.9 Å². The largest absolute Gasteiger partial charge is 0.509 e. The Kier molecular flexibility index (Phi) is 8.25. The number of aliphatic hydroxyl groups excluding tert-OH is 1. The van der Waals surface area contributed by atoms with E-state index in [1.807, 2.05) is 20.8 Å². The predicted octanol–water partition coefficient (Wildman–Crippen LogP) is 5.21. The normalized spacial score (nSPS) is 36.7. The van der Waals surface area contributed by atoms with E-state index in [2.05, 4.69) is 0 Å². The molecule has 11 heteroatoms. The van der Waals surface area contributed by atoms with Gasteiger partial charge in [-0.3, -0.25) is 13.8 Å². The zero-order chi connectivity index (χ0) is 31.4. The Labute approximate surface area is 257 Å². The number of allylic oxidation sites excluding steroid dienone is 4. The van der Waals surface area contributed by atoms with Gasteiger partial charge in [0.1, 0.15) is 6.61 Å². The third kappa shape index (κ3) is 4.89. The number of Topliss-reactive ketones (excluding diaryl/α,β-unsaturated/α-hetero) is 1. The highest BCUT2D eigenvalue weighted by molar-refractivity contribution is 7.86. The van der Waals surface area contributed by atoms with E-state index in [1.54, 1.807) is 31.2 Å². The van der Waals surface area contributed by atoms with Crippen molar-refractivity contribution in [2.45, 2.75) is 87.7 Å². The summed E-state index contributed by atoms with van der Waals surface area (Å²) in [7, 11) is -4.29. The number of carbonyl (C=O) groups excluding carboxylic acids is 3. The number of alkyl halides is 1. The molecule has 0 amide bonds. The number of fused-ring (bicyclic) bond motifs is 5. The summed E-state index contributed by atoms with van der Waals surface area (Å²) >= 11 is 7.49. The molecule has 43 heavy (non-hydrogen) atoms. The first-order valence-corrected chi connectivity index (χ1v) is 16.6. The Balaban J connectivity index is 1.50. The van der Waals surface area contributed by atoms with Crippen molar-refractivity contribution >= 4 is 39.4 Å². The Hall–Kier alpha value is -2.53. The summed E-state index contributed by atoms with van der Waals surface area (Å²) in [6.45, 7) is 6.60. The third-order valence-corrected chi connectivity index (χ3v) is 12.8. The fourth-order valence-corrected chi connectivity index (χ4v) is 9.65. The van der Waals surface area contributed by atoms with Crippen LogP contribution in [0.3, 0.4) is 0 Å². The quantitative estimate of drug-likeness (QED) is 0.232. The molecule has 3 saturated carbocycles. The molecular formula is C32H39ClO9S. The number of aliphatic hydroxyl groups is 1. The van der Waals surface area contributed by atoms with Crippen molar-refractivity contribution in [3.05, 3.63) is 53.6 Å². The molecule has 9 nitrogen and oxygen atoms in total. The van der Waals surface area contributed by atoms with Crippen LogP contribution in [0.15, 0.2) is 53.0 Å². The molecule has 0 saturated heterocycles. The van der Waals surface area contributed by atoms with Crippen molar-refractivity contribution in [2.24, 2.45) is 22.7 Å². The molecule has 0 spiro atoms. The van der Waals surface area contributed by atoms with Gasteiger partial charge in [0, 0.05) is 10.8 Å². The molecule has 0 bridgehead atoms. The first-order chi connectivity index (χ1) is 20.1. The van der Waals surface area contributed by atoms with Crippen molar-refractivity contribution in [1.82, 2.24) is 0 Å². The van der Waals surface area contributed by atoms with Gasteiger partial charge >= 0.3 is 6.16 Å². The smallest absolute Gasteiger partial charge is 0.434 e. The summed E-state index contributed by atoms with van der Waals surface area (Å²) in [5, 5.41) is 11.9. The molecule has 3 fully saturated rings. The zero-order valence-electron chi connectivity index (χ0n) is 24.9. The van der Waals surface area contributed by atoms with E-state index in [4.69, 9.17) is 25.3 Å². The summed E-state index contributed by atoms with van der Waals surface area (Å²) in [6.07, 6.45) is 4.90. The van der Waals surface area contributed by atoms with Gasteiger partial charge in [-0.2, -0.15) is 8.42 Å². The van der Waals surface area contributed by atoms with E-state index in [0.29, 0.717) is 25.7 Å². The van der Waals surface area contributed by atoms with Gasteiger partial charge in [0.15, 0.2) is 11.4 Å². The van der Waals surface area contributed by atoms with Gasteiger partial charge < -0.3 is 14.6 Å². The topological polar surface area (TPSA) is 133 Å². The Morgan fingerprint density at radius 1 is 1.12 bits per heavy atom. The van der Waals surface area contributed by atoms with Crippen LogP contribution in [0.2, 0.25) is 0 Å². The minimum atomic E-state index is -4.29. The second-order valence-corrected chi connectivity index (χ2v) is 15.0. The standard InChI is InChI=1S/C32H39ClO9S/c1-5-16-40-28(37)42-31(27(36)19-41-43(38,39)23-9-6-20(2)7-10-23)15-13-24-25-11-8-21-17-22(34)12-14-29(21,3)32(25,33)26(35)18-30(24,31)4/h6-7,9-10,12,14,17,24-26,35H,5,8,11,13,15-16,18-19H2,1-4H3/t24-,25-,26?,29-,30-,31-,32-/m0/s1. The Bertz CT molecular complexity index is 1480. The zero-order valence-corrected chi connectivity index (χ0v) is 26.5. The molecule has 7 atom stereocenters. The van der Waals surface area contributed by atoms with E-state index in [9.17, 15) is 27.9 Å². The molecule has 1 aromatic rings. The lowest BCUT2D eigenvalue weighted by Crippen LogP contribution is -2.69.